The summed E-state index contributed by atoms with van der Waals surface area (Å²) in [6.45, 7) is 0. The lowest BCUT2D eigenvalue weighted by atomic mass is 10.0. The fourth-order valence-electron chi connectivity index (χ4n) is 8.41. The number of thiophene rings is 1. The number of benzene rings is 9. The van der Waals surface area contributed by atoms with Gasteiger partial charge in [-0.1, -0.05) is 127 Å². The highest BCUT2D eigenvalue weighted by Gasteiger charge is 2.21. The van der Waals surface area contributed by atoms with Gasteiger partial charge in [0.05, 0.1) is 22.4 Å². The van der Waals surface area contributed by atoms with Crippen LogP contribution in [0.4, 0.5) is 21.5 Å². The van der Waals surface area contributed by atoms with Crippen LogP contribution in [0.25, 0.3) is 80.7 Å². The minimum Gasteiger partial charge on any atom is -0.308 e. The third kappa shape index (κ3) is 5.30. The molecule has 0 saturated carbocycles. The summed E-state index contributed by atoms with van der Waals surface area (Å²) in [6, 6.07) is 70.0. The van der Waals surface area contributed by atoms with Crippen LogP contribution in [0.1, 0.15) is 0 Å². The van der Waals surface area contributed by atoms with Gasteiger partial charge in [0.2, 0.25) is 0 Å². The highest BCUT2D eigenvalue weighted by molar-refractivity contribution is 7.26. The number of halogens is 1. The van der Waals surface area contributed by atoms with E-state index in [9.17, 15) is 0 Å². The molecule has 11 aromatic rings. The predicted molar refractivity (Wildman–Crippen MR) is 237 cm³/mol. The molecule has 0 aliphatic rings. The van der Waals surface area contributed by atoms with E-state index in [0.29, 0.717) is 0 Å². The van der Waals surface area contributed by atoms with Crippen LogP contribution in [0.5, 0.6) is 0 Å². The standard InChI is InChI=1S/C52H33FN2S/c53-39-26-31-44-43-12-3-5-16-47(43)55(50(44)33-39)49-18-7-6-17-48(49)54(40-27-22-35(23-28-40)38-21-20-34-10-1-2-11-37(34)32-38)41-29-24-36(25-30-41)42-14-9-15-46-45-13-4-8-19-51(45)56-52(42)46/h1-33H. The van der Waals surface area contributed by atoms with E-state index in [1.165, 1.54) is 47.6 Å². The van der Waals surface area contributed by atoms with Crippen LogP contribution in [-0.2, 0) is 0 Å². The number of rotatable bonds is 6. The molecule has 9 aromatic carbocycles. The number of anilines is 3. The summed E-state index contributed by atoms with van der Waals surface area (Å²) in [5.74, 6) is -0.260. The first-order valence-corrected chi connectivity index (χ1v) is 19.7. The van der Waals surface area contributed by atoms with Gasteiger partial charge in [0.1, 0.15) is 5.82 Å². The van der Waals surface area contributed by atoms with E-state index < -0.39 is 0 Å². The second-order valence-corrected chi connectivity index (χ2v) is 15.3. The molecule has 0 unspecified atom stereocenters. The van der Waals surface area contributed by atoms with Crippen molar-refractivity contribution in [2.24, 2.45) is 0 Å². The summed E-state index contributed by atoms with van der Waals surface area (Å²) >= 11 is 1.85. The van der Waals surface area contributed by atoms with Crippen molar-refractivity contribution in [2.75, 3.05) is 4.90 Å². The van der Waals surface area contributed by atoms with Crippen molar-refractivity contribution in [1.29, 1.82) is 0 Å². The Morgan fingerprint density at radius 1 is 0.429 bits per heavy atom. The van der Waals surface area contributed by atoms with E-state index in [2.05, 4.69) is 185 Å². The quantitative estimate of drug-likeness (QED) is 0.165. The first-order valence-electron chi connectivity index (χ1n) is 18.9. The summed E-state index contributed by atoms with van der Waals surface area (Å²) < 4.78 is 19.8. The van der Waals surface area contributed by atoms with Gasteiger partial charge in [-0.25, -0.2) is 4.39 Å². The zero-order valence-electron chi connectivity index (χ0n) is 30.2. The molecule has 56 heavy (non-hydrogen) atoms. The molecule has 0 spiro atoms. The van der Waals surface area contributed by atoms with Gasteiger partial charge in [-0.3, -0.25) is 0 Å². The largest absolute Gasteiger partial charge is 0.308 e. The molecule has 0 N–H and O–H groups in total. The summed E-state index contributed by atoms with van der Waals surface area (Å²) in [5.41, 5.74) is 10.6. The minimum atomic E-state index is -0.260. The third-order valence-corrected chi connectivity index (χ3v) is 12.3. The lowest BCUT2D eigenvalue weighted by molar-refractivity contribution is 0.629. The van der Waals surface area contributed by atoms with Crippen LogP contribution in [0, 0.1) is 5.82 Å². The van der Waals surface area contributed by atoms with Crippen LogP contribution in [0.15, 0.2) is 200 Å². The molecule has 4 heteroatoms. The van der Waals surface area contributed by atoms with Gasteiger partial charge in [-0.05, 0) is 106 Å². The lowest BCUT2D eigenvalue weighted by Gasteiger charge is -2.28. The van der Waals surface area contributed by atoms with Crippen molar-refractivity contribution in [1.82, 2.24) is 4.57 Å². The maximum Gasteiger partial charge on any atom is 0.125 e. The van der Waals surface area contributed by atoms with Gasteiger partial charge < -0.3 is 9.47 Å². The summed E-state index contributed by atoms with van der Waals surface area (Å²) in [4.78, 5) is 2.32. The summed E-state index contributed by atoms with van der Waals surface area (Å²) in [5, 5.41) is 7.14. The van der Waals surface area contributed by atoms with Gasteiger partial charge in [0.15, 0.2) is 0 Å². The van der Waals surface area contributed by atoms with E-state index in [1.807, 2.05) is 23.5 Å². The molecule has 0 amide bonds. The monoisotopic (exact) mass is 736 g/mol. The maximum absolute atomic E-state index is 15.0. The second-order valence-electron chi connectivity index (χ2n) is 14.3. The Labute approximate surface area is 327 Å². The normalized spacial score (nSPS) is 11.7. The lowest BCUT2D eigenvalue weighted by Crippen LogP contribution is -2.13. The Hall–Kier alpha value is -7.01. The Bertz CT molecular complexity index is 3270. The Morgan fingerprint density at radius 3 is 1.91 bits per heavy atom. The van der Waals surface area contributed by atoms with Gasteiger partial charge in [-0.15, -0.1) is 11.3 Å². The van der Waals surface area contributed by atoms with Crippen molar-refractivity contribution in [3.05, 3.63) is 206 Å². The number of fused-ring (bicyclic) bond motifs is 7. The molecular formula is C52H33FN2S. The van der Waals surface area contributed by atoms with E-state index in [-0.39, 0.29) is 5.82 Å². The van der Waals surface area contributed by atoms with Crippen LogP contribution < -0.4 is 4.90 Å². The molecule has 0 bridgehead atoms. The average molecular weight is 737 g/mol. The topological polar surface area (TPSA) is 8.17 Å². The molecule has 2 aromatic heterocycles. The van der Waals surface area contributed by atoms with E-state index in [1.54, 1.807) is 12.1 Å². The zero-order valence-corrected chi connectivity index (χ0v) is 31.0. The van der Waals surface area contributed by atoms with Crippen molar-refractivity contribution < 1.29 is 4.39 Å². The smallest absolute Gasteiger partial charge is 0.125 e. The van der Waals surface area contributed by atoms with Gasteiger partial charge >= 0.3 is 0 Å². The molecule has 0 aliphatic carbocycles. The van der Waals surface area contributed by atoms with Crippen LogP contribution in [0.3, 0.4) is 0 Å². The fraction of sp³-hybridized carbons (Fsp3) is 0. The zero-order chi connectivity index (χ0) is 37.2. The fourth-order valence-corrected chi connectivity index (χ4v) is 9.65. The SMILES string of the molecule is Fc1ccc2c3ccccc3n(-c3ccccc3N(c3ccc(-c4ccc5ccccc5c4)cc3)c3ccc(-c4cccc5c4sc4ccccc45)cc3)c2c1. The Balaban J connectivity index is 1.09. The van der Waals surface area contributed by atoms with Crippen LogP contribution in [-0.4, -0.2) is 4.57 Å². The van der Waals surface area contributed by atoms with Gasteiger partial charge in [0.25, 0.3) is 0 Å². The molecule has 0 aliphatic heterocycles. The van der Waals surface area contributed by atoms with Gasteiger partial charge in [0, 0.05) is 42.3 Å². The number of hydrogen-bond donors (Lipinski definition) is 0. The highest BCUT2D eigenvalue weighted by atomic mass is 32.1. The van der Waals surface area contributed by atoms with Crippen molar-refractivity contribution in [2.45, 2.75) is 0 Å². The van der Waals surface area contributed by atoms with Crippen molar-refractivity contribution in [3.63, 3.8) is 0 Å². The number of nitrogens with zero attached hydrogens (tertiary/aromatic N) is 2. The molecule has 0 atom stereocenters. The van der Waals surface area contributed by atoms with Crippen molar-refractivity contribution >= 4 is 81.1 Å². The summed E-state index contributed by atoms with van der Waals surface area (Å²) in [6.07, 6.45) is 0. The average Bonchev–Trinajstić information content (AvgIpc) is 3.80. The highest BCUT2D eigenvalue weighted by Crippen LogP contribution is 2.44. The van der Waals surface area contributed by atoms with E-state index in [0.717, 1.165) is 50.1 Å². The predicted octanol–water partition coefficient (Wildman–Crippen LogP) is 15.2. The second kappa shape index (κ2) is 13.1. The van der Waals surface area contributed by atoms with Crippen LogP contribution in [0.2, 0.25) is 0 Å². The molecule has 0 saturated heterocycles. The first-order chi connectivity index (χ1) is 27.7. The molecule has 0 fully saturated rings. The molecule has 0 radical (unpaired) electrons. The summed E-state index contributed by atoms with van der Waals surface area (Å²) in [7, 11) is 0. The maximum atomic E-state index is 15.0. The van der Waals surface area contributed by atoms with Gasteiger partial charge in [-0.2, -0.15) is 0 Å². The molecule has 2 nitrogen and oxygen atoms in total. The molecular weight excluding hydrogens is 704 g/mol. The first kappa shape index (κ1) is 32.4. The molecule has 11 rings (SSSR count). The Kier molecular flexibility index (Phi) is 7.58. The minimum absolute atomic E-state index is 0.260. The molecule has 2 heterocycles. The number of hydrogen-bond acceptors (Lipinski definition) is 2. The van der Waals surface area contributed by atoms with E-state index >= 15 is 4.39 Å². The van der Waals surface area contributed by atoms with E-state index in [4.69, 9.17) is 0 Å². The van der Waals surface area contributed by atoms with Crippen molar-refractivity contribution in [3.8, 4) is 27.9 Å². The number of aromatic nitrogens is 1. The Morgan fingerprint density at radius 2 is 1.07 bits per heavy atom. The van der Waals surface area contributed by atoms with Crippen LogP contribution >= 0.6 is 11.3 Å². The third-order valence-electron chi connectivity index (χ3n) is 11.0. The molecule has 264 valence electrons. The number of para-hydroxylation sites is 3.